The second kappa shape index (κ2) is 8.58. The maximum absolute atomic E-state index is 12.5. The van der Waals surface area contributed by atoms with Gasteiger partial charge in [-0.25, -0.2) is 4.68 Å². The molecule has 1 aliphatic rings. The lowest BCUT2D eigenvalue weighted by atomic mass is 9.89. The molecule has 1 heterocycles. The Kier molecular flexibility index (Phi) is 6.19. The van der Waals surface area contributed by atoms with Gasteiger partial charge in [-0.05, 0) is 43.9 Å². The van der Waals surface area contributed by atoms with E-state index in [-0.39, 0.29) is 11.2 Å². The van der Waals surface area contributed by atoms with Gasteiger partial charge in [0.2, 0.25) is 11.1 Å². The highest BCUT2D eigenvalue weighted by molar-refractivity contribution is 8.00. The summed E-state index contributed by atoms with van der Waals surface area (Å²) in [6, 6.07) is 7.92. The second-order valence-corrected chi connectivity index (χ2v) is 8.15. The fraction of sp³-hybridized carbons (Fsp3) is 0.526. The summed E-state index contributed by atoms with van der Waals surface area (Å²) in [4.78, 5) is 12.5. The quantitative estimate of drug-likeness (QED) is 0.595. The molecule has 1 aromatic carbocycles. The molecule has 26 heavy (non-hydrogen) atoms. The van der Waals surface area contributed by atoms with Crippen LogP contribution in [0.3, 0.4) is 0 Å². The van der Waals surface area contributed by atoms with Crippen molar-refractivity contribution >= 4 is 23.4 Å². The van der Waals surface area contributed by atoms with Crippen LogP contribution in [-0.2, 0) is 11.2 Å². The van der Waals surface area contributed by atoms with Crippen molar-refractivity contribution in [2.24, 2.45) is 0 Å². The van der Waals surface area contributed by atoms with Gasteiger partial charge in [-0.1, -0.05) is 50.1 Å². The minimum atomic E-state index is -0.313. The Bertz CT molecular complexity index is 737. The zero-order chi connectivity index (χ0) is 18.5. The van der Waals surface area contributed by atoms with Crippen molar-refractivity contribution in [3.63, 3.8) is 0 Å². The van der Waals surface area contributed by atoms with Gasteiger partial charge in [-0.15, -0.1) is 10.2 Å². The Balaban J connectivity index is 1.60. The second-order valence-electron chi connectivity index (χ2n) is 6.85. The number of nitrogen functional groups attached to an aromatic ring is 1. The van der Waals surface area contributed by atoms with E-state index >= 15 is 0 Å². The Hall–Kier alpha value is -2.02. The van der Waals surface area contributed by atoms with Crippen LogP contribution in [-0.4, -0.2) is 26.0 Å². The van der Waals surface area contributed by atoms with Crippen LogP contribution in [0.4, 0.5) is 5.69 Å². The summed E-state index contributed by atoms with van der Waals surface area (Å²) in [5, 5.41) is 11.7. The fourth-order valence-electron chi connectivity index (χ4n) is 3.29. The number of amides is 1. The van der Waals surface area contributed by atoms with Crippen molar-refractivity contribution in [2.75, 3.05) is 11.2 Å². The molecule has 1 fully saturated rings. The number of hydrogen-bond acceptors (Lipinski definition) is 5. The molecule has 1 saturated carbocycles. The van der Waals surface area contributed by atoms with Crippen molar-refractivity contribution in [2.45, 2.75) is 68.7 Å². The summed E-state index contributed by atoms with van der Waals surface area (Å²) in [6.07, 6.45) is 6.93. The number of benzene rings is 1. The lowest BCUT2D eigenvalue weighted by Gasteiger charge is -2.20. The SMILES string of the molecule is CCc1ccc(NC(=O)C(C)Sc2nnc(C3CCCCC3)n2N)cc1. The Labute approximate surface area is 158 Å². The largest absolute Gasteiger partial charge is 0.336 e. The number of carbonyl (C=O) groups excluding carboxylic acids is 1. The molecule has 1 aliphatic carbocycles. The third-order valence-electron chi connectivity index (χ3n) is 4.94. The van der Waals surface area contributed by atoms with E-state index in [9.17, 15) is 4.79 Å². The molecule has 1 atom stereocenters. The average molecular weight is 374 g/mol. The van der Waals surface area contributed by atoms with E-state index in [1.165, 1.54) is 36.6 Å². The Morgan fingerprint density at radius 3 is 2.62 bits per heavy atom. The number of anilines is 1. The van der Waals surface area contributed by atoms with Crippen LogP contribution < -0.4 is 11.2 Å². The molecule has 2 aromatic rings. The molecule has 3 N–H and O–H groups in total. The summed E-state index contributed by atoms with van der Waals surface area (Å²) < 4.78 is 1.57. The minimum Gasteiger partial charge on any atom is -0.336 e. The number of carbonyl (C=O) groups is 1. The minimum absolute atomic E-state index is 0.0681. The van der Waals surface area contributed by atoms with Gasteiger partial charge in [-0.3, -0.25) is 4.79 Å². The van der Waals surface area contributed by atoms with Gasteiger partial charge in [0.05, 0.1) is 5.25 Å². The highest BCUT2D eigenvalue weighted by Crippen LogP contribution is 2.32. The van der Waals surface area contributed by atoms with Gasteiger partial charge in [0.1, 0.15) is 0 Å². The molecule has 7 heteroatoms. The first-order valence-corrected chi connectivity index (χ1v) is 10.2. The molecule has 1 amide bonds. The Morgan fingerprint density at radius 1 is 1.27 bits per heavy atom. The van der Waals surface area contributed by atoms with E-state index in [0.29, 0.717) is 11.1 Å². The number of nitrogens with zero attached hydrogens (tertiary/aromatic N) is 3. The van der Waals surface area contributed by atoms with Crippen molar-refractivity contribution < 1.29 is 4.79 Å². The fourth-order valence-corrected chi connectivity index (χ4v) is 4.06. The normalized spacial score (nSPS) is 16.4. The molecule has 6 nitrogen and oxygen atoms in total. The standard InChI is InChI=1S/C19H27N5OS/c1-3-14-9-11-16(12-10-14)21-18(25)13(2)26-19-23-22-17(24(19)20)15-7-5-4-6-8-15/h9-13,15H,3-8,20H2,1-2H3,(H,21,25). The van der Waals surface area contributed by atoms with Crippen molar-refractivity contribution in [1.29, 1.82) is 0 Å². The van der Waals surface area contributed by atoms with E-state index in [2.05, 4.69) is 22.4 Å². The molecule has 0 bridgehead atoms. The monoisotopic (exact) mass is 373 g/mol. The number of rotatable bonds is 6. The van der Waals surface area contributed by atoms with Crippen molar-refractivity contribution in [1.82, 2.24) is 14.9 Å². The maximum Gasteiger partial charge on any atom is 0.237 e. The zero-order valence-corrected chi connectivity index (χ0v) is 16.3. The number of nitrogens with one attached hydrogen (secondary N) is 1. The molecule has 3 rings (SSSR count). The number of hydrogen-bond donors (Lipinski definition) is 2. The van der Waals surface area contributed by atoms with Gasteiger partial charge in [-0.2, -0.15) is 0 Å². The van der Waals surface area contributed by atoms with Crippen LogP contribution in [0.15, 0.2) is 29.4 Å². The predicted molar refractivity (Wildman–Crippen MR) is 106 cm³/mol. The third-order valence-corrected chi connectivity index (χ3v) is 6.00. The maximum atomic E-state index is 12.5. The number of nitrogens with two attached hydrogens (primary N) is 1. The van der Waals surface area contributed by atoms with Gasteiger partial charge < -0.3 is 11.2 Å². The molecule has 0 radical (unpaired) electrons. The molecule has 1 unspecified atom stereocenters. The average Bonchev–Trinajstić information content (AvgIpc) is 3.03. The zero-order valence-electron chi connectivity index (χ0n) is 15.4. The molecule has 0 spiro atoms. The van der Waals surface area contributed by atoms with Crippen LogP contribution in [0.1, 0.15) is 63.3 Å². The van der Waals surface area contributed by atoms with Crippen molar-refractivity contribution in [3.05, 3.63) is 35.7 Å². The topological polar surface area (TPSA) is 85.8 Å². The highest BCUT2D eigenvalue weighted by Gasteiger charge is 2.24. The molecular weight excluding hydrogens is 346 g/mol. The van der Waals surface area contributed by atoms with Crippen molar-refractivity contribution in [3.8, 4) is 0 Å². The first kappa shape index (κ1) is 18.8. The summed E-state index contributed by atoms with van der Waals surface area (Å²) in [5.41, 5.74) is 2.05. The van der Waals surface area contributed by atoms with Crippen LogP contribution in [0, 0.1) is 0 Å². The van der Waals surface area contributed by atoms with Crippen LogP contribution >= 0.6 is 11.8 Å². The summed E-state index contributed by atoms with van der Waals surface area (Å²) in [6.45, 7) is 3.96. The van der Waals surface area contributed by atoms with Crippen LogP contribution in [0.5, 0.6) is 0 Å². The van der Waals surface area contributed by atoms with E-state index in [1.807, 2.05) is 31.2 Å². The first-order chi connectivity index (χ1) is 12.6. The number of aryl methyl sites for hydroxylation is 1. The lowest BCUT2D eigenvalue weighted by Crippen LogP contribution is -2.24. The molecule has 0 aliphatic heterocycles. The lowest BCUT2D eigenvalue weighted by molar-refractivity contribution is -0.115. The molecular formula is C19H27N5OS. The molecule has 140 valence electrons. The molecule has 0 saturated heterocycles. The Morgan fingerprint density at radius 2 is 1.96 bits per heavy atom. The summed E-state index contributed by atoms with van der Waals surface area (Å²) >= 11 is 1.34. The van der Waals surface area contributed by atoms with Crippen LogP contribution in [0.25, 0.3) is 0 Å². The summed E-state index contributed by atoms with van der Waals surface area (Å²) in [7, 11) is 0. The van der Waals surface area contributed by atoms with Gasteiger partial charge in [0.15, 0.2) is 5.82 Å². The van der Waals surface area contributed by atoms with Gasteiger partial charge in [0.25, 0.3) is 0 Å². The number of aromatic nitrogens is 3. The van der Waals surface area contributed by atoms with E-state index in [0.717, 1.165) is 30.8 Å². The smallest absolute Gasteiger partial charge is 0.237 e. The van der Waals surface area contributed by atoms with E-state index < -0.39 is 0 Å². The van der Waals surface area contributed by atoms with Crippen LogP contribution in [0.2, 0.25) is 0 Å². The molecule has 1 aromatic heterocycles. The third kappa shape index (κ3) is 4.38. The van der Waals surface area contributed by atoms with E-state index in [4.69, 9.17) is 5.84 Å². The summed E-state index contributed by atoms with van der Waals surface area (Å²) in [5.74, 6) is 7.37. The highest BCUT2D eigenvalue weighted by atomic mass is 32.2. The van der Waals surface area contributed by atoms with E-state index in [1.54, 1.807) is 4.68 Å². The predicted octanol–water partition coefficient (Wildman–Crippen LogP) is 3.72. The van der Waals surface area contributed by atoms with Gasteiger partial charge in [0, 0.05) is 11.6 Å². The van der Waals surface area contributed by atoms with Gasteiger partial charge >= 0.3 is 0 Å². The first-order valence-electron chi connectivity index (χ1n) is 9.35. The number of thioether (sulfide) groups is 1.